The topological polar surface area (TPSA) is 72.9 Å². The van der Waals surface area contributed by atoms with Crippen molar-refractivity contribution in [2.45, 2.75) is 4.90 Å². The van der Waals surface area contributed by atoms with Gasteiger partial charge in [0.25, 0.3) is 5.91 Å². The summed E-state index contributed by atoms with van der Waals surface area (Å²) in [7, 11) is 1.73. The van der Waals surface area contributed by atoms with Crippen LogP contribution in [0.3, 0.4) is 0 Å². The number of nitrogens with two attached hydrogens (primary N) is 1. The van der Waals surface area contributed by atoms with Crippen molar-refractivity contribution in [1.29, 1.82) is 0 Å². The maximum absolute atomic E-state index is 12.0. The van der Waals surface area contributed by atoms with Crippen molar-refractivity contribution in [3.05, 3.63) is 36.2 Å². The standard InChI is InChI=1S/C12H14N4OS/c1-16-7-8(13)11(15-16)12(17)14-9-5-3-4-6-10(9)18-2/h3-7H,13H2,1-2H3,(H,14,17). The van der Waals surface area contributed by atoms with Crippen LogP contribution in [0.15, 0.2) is 35.4 Å². The highest BCUT2D eigenvalue weighted by Crippen LogP contribution is 2.25. The van der Waals surface area contributed by atoms with Crippen molar-refractivity contribution in [1.82, 2.24) is 9.78 Å². The van der Waals surface area contributed by atoms with Crippen molar-refractivity contribution in [2.75, 3.05) is 17.3 Å². The van der Waals surface area contributed by atoms with Crippen LogP contribution in [0.25, 0.3) is 0 Å². The fraction of sp³-hybridized carbons (Fsp3) is 0.167. The van der Waals surface area contributed by atoms with Gasteiger partial charge in [-0.05, 0) is 18.4 Å². The molecule has 1 heterocycles. The maximum Gasteiger partial charge on any atom is 0.278 e. The van der Waals surface area contributed by atoms with Gasteiger partial charge in [0, 0.05) is 18.1 Å². The first-order valence-corrected chi connectivity index (χ1v) is 6.57. The number of nitrogens with one attached hydrogen (secondary N) is 1. The molecule has 0 aliphatic carbocycles. The van der Waals surface area contributed by atoms with Crippen LogP contribution < -0.4 is 11.1 Å². The van der Waals surface area contributed by atoms with Gasteiger partial charge in [0.15, 0.2) is 5.69 Å². The fourth-order valence-corrected chi connectivity index (χ4v) is 2.17. The molecule has 0 radical (unpaired) electrons. The number of hydrogen-bond donors (Lipinski definition) is 2. The first-order valence-electron chi connectivity index (χ1n) is 5.35. The summed E-state index contributed by atoms with van der Waals surface area (Å²) in [5, 5.41) is 6.85. The molecule has 2 rings (SSSR count). The summed E-state index contributed by atoms with van der Waals surface area (Å²) in [6, 6.07) is 7.60. The number of nitrogens with zero attached hydrogens (tertiary/aromatic N) is 2. The summed E-state index contributed by atoms with van der Waals surface area (Å²) in [5.41, 5.74) is 7.10. The Hall–Kier alpha value is -1.95. The maximum atomic E-state index is 12.0. The number of thioether (sulfide) groups is 1. The zero-order chi connectivity index (χ0) is 13.1. The second-order valence-corrected chi connectivity index (χ2v) is 4.61. The molecule has 0 saturated carbocycles. The van der Waals surface area contributed by atoms with Crippen LogP contribution in [0.5, 0.6) is 0 Å². The first-order chi connectivity index (χ1) is 8.61. The molecule has 1 amide bonds. The van der Waals surface area contributed by atoms with Gasteiger partial charge in [-0.15, -0.1) is 11.8 Å². The number of carbonyl (C=O) groups excluding carboxylic acids is 1. The Morgan fingerprint density at radius 2 is 2.17 bits per heavy atom. The molecule has 2 aromatic rings. The minimum Gasteiger partial charge on any atom is -0.396 e. The Morgan fingerprint density at radius 1 is 1.44 bits per heavy atom. The minimum atomic E-state index is -0.297. The summed E-state index contributed by atoms with van der Waals surface area (Å²) < 4.78 is 1.52. The molecule has 0 saturated heterocycles. The molecule has 0 fully saturated rings. The van der Waals surface area contributed by atoms with Gasteiger partial charge >= 0.3 is 0 Å². The van der Waals surface area contributed by atoms with Crippen LogP contribution in [-0.2, 0) is 7.05 Å². The number of carbonyl (C=O) groups is 1. The third kappa shape index (κ3) is 2.48. The molecule has 0 bridgehead atoms. The lowest BCUT2D eigenvalue weighted by atomic mass is 10.3. The van der Waals surface area contributed by atoms with Gasteiger partial charge in [-0.25, -0.2) is 0 Å². The van der Waals surface area contributed by atoms with Gasteiger partial charge in [-0.1, -0.05) is 12.1 Å². The zero-order valence-electron chi connectivity index (χ0n) is 10.2. The second-order valence-electron chi connectivity index (χ2n) is 3.76. The summed E-state index contributed by atoms with van der Waals surface area (Å²) in [4.78, 5) is 13.0. The van der Waals surface area contributed by atoms with E-state index in [0.29, 0.717) is 5.69 Å². The number of nitrogen functional groups attached to an aromatic ring is 1. The molecule has 18 heavy (non-hydrogen) atoms. The van der Waals surface area contributed by atoms with E-state index in [1.54, 1.807) is 25.0 Å². The lowest BCUT2D eigenvalue weighted by Gasteiger charge is -2.08. The minimum absolute atomic E-state index is 0.244. The van der Waals surface area contributed by atoms with Crippen LogP contribution in [0.2, 0.25) is 0 Å². The molecule has 3 N–H and O–H groups in total. The summed E-state index contributed by atoms with van der Waals surface area (Å²) >= 11 is 1.57. The molecule has 0 aliphatic heterocycles. The van der Waals surface area contributed by atoms with Crippen LogP contribution in [0.1, 0.15) is 10.5 Å². The van der Waals surface area contributed by atoms with Crippen LogP contribution in [0, 0.1) is 0 Å². The molecule has 6 heteroatoms. The quantitative estimate of drug-likeness (QED) is 0.830. The van der Waals surface area contributed by atoms with Gasteiger partial charge < -0.3 is 11.1 Å². The van der Waals surface area contributed by atoms with E-state index in [0.717, 1.165) is 10.6 Å². The van der Waals surface area contributed by atoms with E-state index >= 15 is 0 Å². The molecular formula is C12H14N4OS. The SMILES string of the molecule is CSc1ccccc1NC(=O)c1nn(C)cc1N. The lowest BCUT2D eigenvalue weighted by molar-refractivity contribution is 0.102. The fourth-order valence-electron chi connectivity index (χ4n) is 1.61. The van der Waals surface area contributed by atoms with E-state index in [4.69, 9.17) is 5.73 Å². The average molecular weight is 262 g/mol. The van der Waals surface area contributed by atoms with Gasteiger partial charge in [0.05, 0.1) is 11.4 Å². The van der Waals surface area contributed by atoms with Crippen molar-refractivity contribution in [3.8, 4) is 0 Å². The normalized spacial score (nSPS) is 10.3. The lowest BCUT2D eigenvalue weighted by Crippen LogP contribution is -2.15. The van der Waals surface area contributed by atoms with Crippen LogP contribution in [0.4, 0.5) is 11.4 Å². The molecule has 0 spiro atoms. The number of anilines is 2. The third-order valence-electron chi connectivity index (χ3n) is 2.43. The summed E-state index contributed by atoms with van der Waals surface area (Å²) in [6.45, 7) is 0. The molecule has 1 aromatic heterocycles. The molecule has 0 atom stereocenters. The smallest absolute Gasteiger partial charge is 0.278 e. The second kappa shape index (κ2) is 5.14. The van der Waals surface area contributed by atoms with E-state index in [9.17, 15) is 4.79 Å². The molecule has 94 valence electrons. The average Bonchev–Trinajstić information content (AvgIpc) is 2.69. The molecular weight excluding hydrogens is 248 g/mol. The third-order valence-corrected chi connectivity index (χ3v) is 3.22. The van der Waals surface area contributed by atoms with E-state index in [-0.39, 0.29) is 11.6 Å². The van der Waals surface area contributed by atoms with Crippen molar-refractivity contribution in [3.63, 3.8) is 0 Å². The Labute approximate surface area is 109 Å². The van der Waals surface area contributed by atoms with Gasteiger partial charge in [-0.2, -0.15) is 5.10 Å². The monoisotopic (exact) mass is 262 g/mol. The highest BCUT2D eigenvalue weighted by atomic mass is 32.2. The Balaban J connectivity index is 2.24. The zero-order valence-corrected chi connectivity index (χ0v) is 11.0. The Bertz CT molecular complexity index is 579. The predicted molar refractivity (Wildman–Crippen MR) is 73.8 cm³/mol. The predicted octanol–water partition coefficient (Wildman–Crippen LogP) is 1.98. The number of aromatic nitrogens is 2. The Morgan fingerprint density at radius 3 is 2.78 bits per heavy atom. The largest absolute Gasteiger partial charge is 0.396 e. The number of benzene rings is 1. The van der Waals surface area contributed by atoms with Crippen molar-refractivity contribution < 1.29 is 4.79 Å². The van der Waals surface area contributed by atoms with E-state index in [1.165, 1.54) is 4.68 Å². The molecule has 5 nitrogen and oxygen atoms in total. The van der Waals surface area contributed by atoms with Gasteiger partial charge in [0.1, 0.15) is 0 Å². The first kappa shape index (κ1) is 12.5. The van der Waals surface area contributed by atoms with Crippen LogP contribution in [-0.4, -0.2) is 21.9 Å². The van der Waals surface area contributed by atoms with E-state index in [2.05, 4.69) is 10.4 Å². The number of aryl methyl sites for hydroxylation is 1. The summed E-state index contributed by atoms with van der Waals surface area (Å²) in [5.74, 6) is -0.297. The number of rotatable bonds is 3. The molecule has 0 aliphatic rings. The van der Waals surface area contributed by atoms with E-state index < -0.39 is 0 Å². The van der Waals surface area contributed by atoms with Crippen LogP contribution >= 0.6 is 11.8 Å². The number of hydrogen-bond acceptors (Lipinski definition) is 4. The summed E-state index contributed by atoms with van der Waals surface area (Å²) in [6.07, 6.45) is 3.56. The Kier molecular flexibility index (Phi) is 3.57. The van der Waals surface area contributed by atoms with Crippen molar-refractivity contribution >= 4 is 29.0 Å². The van der Waals surface area contributed by atoms with Gasteiger partial charge in [-0.3, -0.25) is 9.48 Å². The number of para-hydroxylation sites is 1. The number of amides is 1. The van der Waals surface area contributed by atoms with Crippen molar-refractivity contribution in [2.24, 2.45) is 7.05 Å². The highest BCUT2D eigenvalue weighted by Gasteiger charge is 2.15. The molecule has 1 aromatic carbocycles. The van der Waals surface area contributed by atoms with E-state index in [1.807, 2.05) is 30.5 Å². The van der Waals surface area contributed by atoms with Gasteiger partial charge in [0.2, 0.25) is 0 Å². The molecule has 0 unspecified atom stereocenters. The highest BCUT2D eigenvalue weighted by molar-refractivity contribution is 7.98.